The smallest absolute Gasteiger partial charge is 0.317 e. The van der Waals surface area contributed by atoms with E-state index in [1.807, 2.05) is 25.2 Å². The third-order valence-electron chi connectivity index (χ3n) is 5.36. The largest absolute Gasteiger partial charge is 0.393 e. The average Bonchev–Trinajstić information content (AvgIpc) is 3.06. The van der Waals surface area contributed by atoms with E-state index in [9.17, 15) is 9.90 Å². The Bertz CT molecular complexity index is 537. The number of rotatable bonds is 4. The molecule has 5 heteroatoms. The van der Waals surface area contributed by atoms with Crippen LogP contribution in [0.15, 0.2) is 30.3 Å². The fourth-order valence-corrected chi connectivity index (χ4v) is 3.87. The second-order valence-corrected chi connectivity index (χ2v) is 7.21. The number of hydrogen-bond acceptors (Lipinski definition) is 3. The first-order valence-electron chi connectivity index (χ1n) is 9.13. The number of carbonyl (C=O) groups is 1. The predicted octanol–water partition coefficient (Wildman–Crippen LogP) is 2.46. The second kappa shape index (κ2) is 7.88. The van der Waals surface area contributed by atoms with Gasteiger partial charge in [-0.15, -0.1) is 0 Å². The molecule has 1 heterocycles. The summed E-state index contributed by atoms with van der Waals surface area (Å²) in [7, 11) is 1.83. The number of aliphatic hydroxyl groups excluding tert-OH is 1. The quantitative estimate of drug-likeness (QED) is 0.891. The van der Waals surface area contributed by atoms with Crippen LogP contribution in [0, 0.1) is 5.92 Å². The van der Waals surface area contributed by atoms with Gasteiger partial charge in [-0.3, -0.25) is 0 Å². The molecular formula is C19H29N3O2. The lowest BCUT2D eigenvalue weighted by atomic mass is 9.86. The number of anilines is 1. The molecule has 0 spiro atoms. The van der Waals surface area contributed by atoms with Crippen molar-refractivity contribution in [3.63, 3.8) is 0 Å². The molecule has 1 aromatic carbocycles. The van der Waals surface area contributed by atoms with Crippen molar-refractivity contribution in [3.8, 4) is 0 Å². The molecule has 1 saturated heterocycles. The van der Waals surface area contributed by atoms with E-state index >= 15 is 0 Å². The lowest BCUT2D eigenvalue weighted by molar-refractivity contribution is 0.0563. The van der Waals surface area contributed by atoms with Crippen molar-refractivity contribution in [1.29, 1.82) is 0 Å². The highest BCUT2D eigenvalue weighted by atomic mass is 16.3. The average molecular weight is 331 g/mol. The highest BCUT2D eigenvalue weighted by molar-refractivity contribution is 5.74. The Labute approximate surface area is 144 Å². The summed E-state index contributed by atoms with van der Waals surface area (Å²) in [6, 6.07) is 10.5. The van der Waals surface area contributed by atoms with Crippen molar-refractivity contribution in [2.45, 2.75) is 44.2 Å². The van der Waals surface area contributed by atoms with Crippen LogP contribution in [0.2, 0.25) is 0 Å². The topological polar surface area (TPSA) is 55.8 Å². The van der Waals surface area contributed by atoms with Crippen molar-refractivity contribution in [2.24, 2.45) is 5.92 Å². The van der Waals surface area contributed by atoms with Gasteiger partial charge in [-0.25, -0.2) is 4.79 Å². The minimum atomic E-state index is -0.256. The maximum atomic E-state index is 12.4. The Kier molecular flexibility index (Phi) is 5.61. The van der Waals surface area contributed by atoms with Crippen LogP contribution < -0.4 is 10.2 Å². The van der Waals surface area contributed by atoms with Crippen LogP contribution in [0.25, 0.3) is 0 Å². The Morgan fingerprint density at radius 1 is 1.25 bits per heavy atom. The maximum Gasteiger partial charge on any atom is 0.317 e. The molecule has 0 radical (unpaired) electrons. The van der Waals surface area contributed by atoms with Crippen LogP contribution in [0.1, 0.15) is 32.1 Å². The Morgan fingerprint density at radius 3 is 2.75 bits per heavy atom. The van der Waals surface area contributed by atoms with Gasteiger partial charge in [0.25, 0.3) is 0 Å². The Hall–Kier alpha value is -1.75. The first kappa shape index (κ1) is 17.1. The molecule has 1 aliphatic heterocycles. The van der Waals surface area contributed by atoms with Crippen molar-refractivity contribution in [2.75, 3.05) is 31.6 Å². The van der Waals surface area contributed by atoms with Gasteiger partial charge in [-0.2, -0.15) is 0 Å². The van der Waals surface area contributed by atoms with Gasteiger partial charge in [-0.1, -0.05) is 31.0 Å². The minimum Gasteiger partial charge on any atom is -0.393 e. The highest BCUT2D eigenvalue weighted by Crippen LogP contribution is 2.25. The Balaban J connectivity index is 1.46. The van der Waals surface area contributed by atoms with E-state index in [-0.39, 0.29) is 24.1 Å². The molecule has 3 atom stereocenters. The molecule has 0 bridgehead atoms. The standard InChI is InChI=1S/C19H29N3O2/c1-21(13-15-7-5-6-10-18(15)23)19(24)20-16-11-12-22(14-16)17-8-3-2-4-9-17/h2-4,8-9,15-16,18,23H,5-7,10-14H2,1H3,(H,20,24). The van der Waals surface area contributed by atoms with Gasteiger partial charge in [0.15, 0.2) is 0 Å². The van der Waals surface area contributed by atoms with Crippen molar-refractivity contribution >= 4 is 11.7 Å². The van der Waals surface area contributed by atoms with Gasteiger partial charge in [-0.05, 0) is 31.4 Å². The summed E-state index contributed by atoms with van der Waals surface area (Å²) in [6.45, 7) is 2.47. The number of nitrogens with one attached hydrogen (secondary N) is 1. The van der Waals surface area contributed by atoms with Crippen LogP contribution in [-0.4, -0.2) is 54.9 Å². The molecule has 1 aromatic rings. The van der Waals surface area contributed by atoms with E-state index in [2.05, 4.69) is 22.3 Å². The van der Waals surface area contributed by atoms with E-state index in [1.54, 1.807) is 4.90 Å². The summed E-state index contributed by atoms with van der Waals surface area (Å²) >= 11 is 0. The van der Waals surface area contributed by atoms with Gasteiger partial charge < -0.3 is 20.2 Å². The number of urea groups is 1. The van der Waals surface area contributed by atoms with Crippen molar-refractivity contribution in [3.05, 3.63) is 30.3 Å². The van der Waals surface area contributed by atoms with E-state index in [1.165, 1.54) is 5.69 Å². The molecule has 1 saturated carbocycles. The number of hydrogen-bond donors (Lipinski definition) is 2. The number of benzene rings is 1. The van der Waals surface area contributed by atoms with Gasteiger partial charge in [0.1, 0.15) is 0 Å². The second-order valence-electron chi connectivity index (χ2n) is 7.21. The van der Waals surface area contributed by atoms with Crippen LogP contribution >= 0.6 is 0 Å². The SMILES string of the molecule is CN(CC1CCCCC1O)C(=O)NC1CCN(c2ccccc2)C1. The molecule has 1 aliphatic carbocycles. The molecule has 3 rings (SSSR count). The monoisotopic (exact) mass is 331 g/mol. The molecular weight excluding hydrogens is 302 g/mol. The van der Waals surface area contributed by atoms with E-state index < -0.39 is 0 Å². The Morgan fingerprint density at radius 2 is 2.00 bits per heavy atom. The minimum absolute atomic E-state index is 0.0207. The molecule has 3 unspecified atom stereocenters. The lowest BCUT2D eigenvalue weighted by Gasteiger charge is -2.31. The molecule has 5 nitrogen and oxygen atoms in total. The molecule has 2 N–H and O–H groups in total. The predicted molar refractivity (Wildman–Crippen MR) is 96.2 cm³/mol. The third kappa shape index (κ3) is 4.20. The number of para-hydroxylation sites is 1. The van der Waals surface area contributed by atoms with Crippen LogP contribution in [0.4, 0.5) is 10.5 Å². The molecule has 2 amide bonds. The third-order valence-corrected chi connectivity index (χ3v) is 5.36. The summed E-state index contributed by atoms with van der Waals surface area (Å²) in [4.78, 5) is 16.5. The fraction of sp³-hybridized carbons (Fsp3) is 0.632. The number of carbonyl (C=O) groups excluding carboxylic acids is 1. The molecule has 0 aromatic heterocycles. The van der Waals surface area contributed by atoms with E-state index in [4.69, 9.17) is 0 Å². The van der Waals surface area contributed by atoms with Crippen molar-refractivity contribution in [1.82, 2.24) is 10.2 Å². The zero-order chi connectivity index (χ0) is 16.9. The molecule has 2 fully saturated rings. The fourth-order valence-electron chi connectivity index (χ4n) is 3.87. The summed E-state index contributed by atoms with van der Waals surface area (Å²) in [5.41, 5.74) is 1.22. The number of nitrogens with zero attached hydrogens (tertiary/aromatic N) is 2. The molecule has 132 valence electrons. The highest BCUT2D eigenvalue weighted by Gasteiger charge is 2.28. The van der Waals surface area contributed by atoms with Gasteiger partial charge in [0, 0.05) is 44.3 Å². The van der Waals surface area contributed by atoms with Crippen LogP contribution in [0.3, 0.4) is 0 Å². The van der Waals surface area contributed by atoms with Gasteiger partial charge in [0.05, 0.1) is 6.10 Å². The number of aliphatic hydroxyl groups is 1. The maximum absolute atomic E-state index is 12.4. The van der Waals surface area contributed by atoms with Crippen molar-refractivity contribution < 1.29 is 9.90 Å². The van der Waals surface area contributed by atoms with Gasteiger partial charge >= 0.3 is 6.03 Å². The molecule has 24 heavy (non-hydrogen) atoms. The first-order chi connectivity index (χ1) is 11.6. The van der Waals surface area contributed by atoms with Gasteiger partial charge in [0.2, 0.25) is 0 Å². The number of amides is 2. The zero-order valence-corrected chi connectivity index (χ0v) is 14.5. The molecule has 2 aliphatic rings. The van der Waals surface area contributed by atoms with Crippen LogP contribution in [0.5, 0.6) is 0 Å². The van der Waals surface area contributed by atoms with E-state index in [0.717, 1.165) is 45.2 Å². The summed E-state index contributed by atoms with van der Waals surface area (Å²) in [5, 5.41) is 13.2. The van der Waals surface area contributed by atoms with E-state index in [0.29, 0.717) is 6.54 Å². The zero-order valence-electron chi connectivity index (χ0n) is 14.5. The first-order valence-corrected chi connectivity index (χ1v) is 9.13. The lowest BCUT2D eigenvalue weighted by Crippen LogP contribution is -2.47. The summed E-state index contributed by atoms with van der Waals surface area (Å²) in [5.74, 6) is 0.221. The normalized spacial score (nSPS) is 27.1. The van der Waals surface area contributed by atoms with Crippen LogP contribution in [-0.2, 0) is 0 Å². The summed E-state index contributed by atoms with van der Waals surface area (Å²) < 4.78 is 0. The summed E-state index contributed by atoms with van der Waals surface area (Å²) in [6.07, 6.45) is 4.87.